The van der Waals surface area contributed by atoms with Crippen LogP contribution in [-0.4, -0.2) is 32.1 Å². The van der Waals surface area contributed by atoms with Crippen molar-refractivity contribution in [2.45, 2.75) is 39.2 Å². The summed E-state index contributed by atoms with van der Waals surface area (Å²) in [6.45, 7) is 5.80. The number of amides is 1. The van der Waals surface area contributed by atoms with Crippen molar-refractivity contribution in [3.63, 3.8) is 0 Å². The van der Waals surface area contributed by atoms with Gasteiger partial charge in [0.1, 0.15) is 5.75 Å². The third kappa shape index (κ3) is 4.46. The molecule has 1 amide bonds. The summed E-state index contributed by atoms with van der Waals surface area (Å²) < 4.78 is 5.37. The first kappa shape index (κ1) is 15.8. The molecule has 21 heavy (non-hydrogen) atoms. The number of hydrogen-bond donors (Lipinski definition) is 2. The van der Waals surface area contributed by atoms with Gasteiger partial charge in [-0.05, 0) is 51.3 Å². The SMILES string of the molecule is COc1ccc(C)cc1CCNC(=O)[C@H]1CCN[C@@H](C)C1. The van der Waals surface area contributed by atoms with Gasteiger partial charge in [0, 0.05) is 18.5 Å². The van der Waals surface area contributed by atoms with Gasteiger partial charge in [-0.2, -0.15) is 0 Å². The fourth-order valence-corrected chi connectivity index (χ4v) is 2.94. The molecule has 2 N–H and O–H groups in total. The van der Waals surface area contributed by atoms with Gasteiger partial charge in [0.05, 0.1) is 7.11 Å². The molecule has 2 atom stereocenters. The summed E-state index contributed by atoms with van der Waals surface area (Å²) in [4.78, 5) is 12.2. The quantitative estimate of drug-likeness (QED) is 0.872. The summed E-state index contributed by atoms with van der Waals surface area (Å²) in [5.41, 5.74) is 2.36. The number of piperidine rings is 1. The maximum absolute atomic E-state index is 12.2. The van der Waals surface area contributed by atoms with E-state index in [9.17, 15) is 4.79 Å². The summed E-state index contributed by atoms with van der Waals surface area (Å²) in [5.74, 6) is 1.24. The molecule has 0 aromatic heterocycles. The van der Waals surface area contributed by atoms with Crippen LogP contribution in [0.15, 0.2) is 18.2 Å². The summed E-state index contributed by atoms with van der Waals surface area (Å²) in [5, 5.41) is 6.44. The van der Waals surface area contributed by atoms with Crippen LogP contribution in [0.4, 0.5) is 0 Å². The van der Waals surface area contributed by atoms with E-state index in [0.717, 1.165) is 37.1 Å². The van der Waals surface area contributed by atoms with Crippen molar-refractivity contribution in [1.82, 2.24) is 10.6 Å². The summed E-state index contributed by atoms with van der Waals surface area (Å²) in [6, 6.07) is 6.59. The van der Waals surface area contributed by atoms with Gasteiger partial charge in [0.25, 0.3) is 0 Å². The van der Waals surface area contributed by atoms with Crippen LogP contribution in [0, 0.1) is 12.8 Å². The zero-order chi connectivity index (χ0) is 15.2. The number of carbonyl (C=O) groups excluding carboxylic acids is 1. The van der Waals surface area contributed by atoms with Gasteiger partial charge >= 0.3 is 0 Å². The highest BCUT2D eigenvalue weighted by atomic mass is 16.5. The van der Waals surface area contributed by atoms with Gasteiger partial charge in [-0.25, -0.2) is 0 Å². The second kappa shape index (κ2) is 7.46. The monoisotopic (exact) mass is 290 g/mol. The molecular formula is C17H26N2O2. The predicted molar refractivity (Wildman–Crippen MR) is 84.6 cm³/mol. The lowest BCUT2D eigenvalue weighted by atomic mass is 9.92. The number of ether oxygens (including phenoxy) is 1. The third-order valence-electron chi connectivity index (χ3n) is 4.12. The molecule has 0 bridgehead atoms. The van der Waals surface area contributed by atoms with Crippen molar-refractivity contribution < 1.29 is 9.53 Å². The van der Waals surface area contributed by atoms with Crippen LogP contribution < -0.4 is 15.4 Å². The zero-order valence-electron chi connectivity index (χ0n) is 13.2. The Bertz CT molecular complexity index is 488. The minimum absolute atomic E-state index is 0.153. The topological polar surface area (TPSA) is 50.4 Å². The van der Waals surface area contributed by atoms with Gasteiger partial charge in [-0.15, -0.1) is 0 Å². The molecule has 1 aromatic rings. The molecule has 0 radical (unpaired) electrons. The molecule has 1 aliphatic heterocycles. The van der Waals surface area contributed by atoms with Crippen LogP contribution in [0.3, 0.4) is 0 Å². The predicted octanol–water partition coefficient (Wildman–Crippen LogP) is 2.05. The summed E-state index contributed by atoms with van der Waals surface area (Å²) in [6.07, 6.45) is 2.67. The van der Waals surface area contributed by atoms with Crippen molar-refractivity contribution in [3.8, 4) is 5.75 Å². The average molecular weight is 290 g/mol. The van der Waals surface area contributed by atoms with Crippen LogP contribution in [0.2, 0.25) is 0 Å². The Kier molecular flexibility index (Phi) is 5.62. The largest absolute Gasteiger partial charge is 0.496 e. The lowest BCUT2D eigenvalue weighted by Gasteiger charge is -2.27. The van der Waals surface area contributed by atoms with Gasteiger partial charge < -0.3 is 15.4 Å². The standard InChI is InChI=1S/C17H26N2O2/c1-12-4-5-16(21-3)14(10-12)6-9-19-17(20)15-7-8-18-13(2)11-15/h4-5,10,13,15,18H,6-9,11H2,1-3H3,(H,19,20)/t13-,15-/m0/s1. The lowest BCUT2D eigenvalue weighted by Crippen LogP contribution is -2.42. The van der Waals surface area contributed by atoms with E-state index in [1.807, 2.05) is 12.1 Å². The fourth-order valence-electron chi connectivity index (χ4n) is 2.94. The maximum Gasteiger partial charge on any atom is 0.223 e. The molecule has 1 aliphatic rings. The van der Waals surface area contributed by atoms with E-state index in [2.05, 4.69) is 30.5 Å². The highest BCUT2D eigenvalue weighted by Crippen LogP contribution is 2.20. The number of carbonyl (C=O) groups is 1. The second-order valence-electron chi connectivity index (χ2n) is 5.93. The fraction of sp³-hybridized carbons (Fsp3) is 0.588. The van der Waals surface area contributed by atoms with Gasteiger partial charge in [-0.1, -0.05) is 17.7 Å². The van der Waals surface area contributed by atoms with Crippen molar-refractivity contribution in [2.24, 2.45) is 5.92 Å². The average Bonchev–Trinajstić information content (AvgIpc) is 2.47. The summed E-state index contributed by atoms with van der Waals surface area (Å²) in [7, 11) is 1.68. The first-order valence-corrected chi connectivity index (χ1v) is 7.74. The van der Waals surface area contributed by atoms with Crippen molar-refractivity contribution in [1.29, 1.82) is 0 Å². The lowest BCUT2D eigenvalue weighted by molar-refractivity contribution is -0.126. The van der Waals surface area contributed by atoms with E-state index in [-0.39, 0.29) is 11.8 Å². The van der Waals surface area contributed by atoms with Gasteiger partial charge in [-0.3, -0.25) is 4.79 Å². The Morgan fingerprint density at radius 1 is 1.48 bits per heavy atom. The van der Waals surface area contributed by atoms with E-state index >= 15 is 0 Å². The highest BCUT2D eigenvalue weighted by Gasteiger charge is 2.24. The van der Waals surface area contributed by atoms with Crippen LogP contribution in [0.25, 0.3) is 0 Å². The number of methoxy groups -OCH3 is 1. The molecule has 0 aliphatic carbocycles. The number of rotatable bonds is 5. The Morgan fingerprint density at radius 2 is 2.29 bits per heavy atom. The van der Waals surface area contributed by atoms with Crippen LogP contribution >= 0.6 is 0 Å². The number of nitrogens with one attached hydrogen (secondary N) is 2. The molecule has 1 fully saturated rings. The normalized spacial score (nSPS) is 21.9. The summed E-state index contributed by atoms with van der Waals surface area (Å²) >= 11 is 0. The minimum Gasteiger partial charge on any atom is -0.496 e. The molecule has 0 saturated carbocycles. The van der Waals surface area contributed by atoms with Gasteiger partial charge in [0.2, 0.25) is 5.91 Å². The molecule has 1 heterocycles. The van der Waals surface area contributed by atoms with E-state index in [1.165, 1.54) is 5.56 Å². The Hall–Kier alpha value is -1.55. The first-order chi connectivity index (χ1) is 10.1. The molecular weight excluding hydrogens is 264 g/mol. The van der Waals surface area contributed by atoms with Crippen molar-refractivity contribution >= 4 is 5.91 Å². The maximum atomic E-state index is 12.2. The third-order valence-corrected chi connectivity index (χ3v) is 4.12. The number of benzene rings is 1. The molecule has 4 heteroatoms. The molecule has 116 valence electrons. The molecule has 0 spiro atoms. The van der Waals surface area contributed by atoms with Crippen molar-refractivity contribution in [2.75, 3.05) is 20.2 Å². The first-order valence-electron chi connectivity index (χ1n) is 7.74. The van der Waals surface area contributed by atoms with E-state index in [1.54, 1.807) is 7.11 Å². The van der Waals surface area contributed by atoms with E-state index in [0.29, 0.717) is 12.6 Å². The Balaban J connectivity index is 1.83. The Morgan fingerprint density at radius 3 is 3.00 bits per heavy atom. The molecule has 1 saturated heterocycles. The smallest absolute Gasteiger partial charge is 0.223 e. The van der Waals surface area contributed by atoms with Crippen LogP contribution in [0.1, 0.15) is 30.9 Å². The zero-order valence-corrected chi connectivity index (χ0v) is 13.2. The molecule has 0 unspecified atom stereocenters. The highest BCUT2D eigenvalue weighted by molar-refractivity contribution is 5.78. The minimum atomic E-state index is 0.153. The van der Waals surface area contributed by atoms with E-state index in [4.69, 9.17) is 4.74 Å². The molecule has 1 aromatic carbocycles. The molecule has 4 nitrogen and oxygen atoms in total. The van der Waals surface area contributed by atoms with Gasteiger partial charge in [0.15, 0.2) is 0 Å². The van der Waals surface area contributed by atoms with E-state index < -0.39 is 0 Å². The molecule has 2 rings (SSSR count). The number of aryl methyl sites for hydroxylation is 1. The Labute approximate surface area is 127 Å². The van der Waals surface area contributed by atoms with Crippen LogP contribution in [-0.2, 0) is 11.2 Å². The number of hydrogen-bond acceptors (Lipinski definition) is 3. The van der Waals surface area contributed by atoms with Crippen LogP contribution in [0.5, 0.6) is 5.75 Å². The van der Waals surface area contributed by atoms with Crippen molar-refractivity contribution in [3.05, 3.63) is 29.3 Å². The second-order valence-corrected chi connectivity index (χ2v) is 5.93.